The monoisotopic (exact) mass is 232 g/mol. The van der Waals surface area contributed by atoms with E-state index in [1.807, 2.05) is 18.3 Å². The summed E-state index contributed by atoms with van der Waals surface area (Å²) in [5.41, 5.74) is 6.98. The molecule has 1 aromatic heterocycles. The highest BCUT2D eigenvalue weighted by Gasteiger charge is 2.21. The molecule has 92 valence electrons. The van der Waals surface area contributed by atoms with Crippen molar-refractivity contribution in [3.8, 4) is 6.07 Å². The molecule has 1 aromatic rings. The summed E-state index contributed by atoms with van der Waals surface area (Å²) in [5.74, 6) is 0. The lowest BCUT2D eigenvalue weighted by Gasteiger charge is -2.33. The van der Waals surface area contributed by atoms with E-state index in [4.69, 9.17) is 11.0 Å². The third kappa shape index (κ3) is 3.81. The molecule has 0 bridgehead atoms. The van der Waals surface area contributed by atoms with Gasteiger partial charge in [0.2, 0.25) is 0 Å². The Labute approximate surface area is 103 Å². The van der Waals surface area contributed by atoms with Crippen molar-refractivity contribution < 1.29 is 0 Å². The molecule has 0 aliphatic heterocycles. The zero-order valence-corrected chi connectivity index (χ0v) is 10.5. The molecule has 0 fully saturated rings. The third-order valence-corrected chi connectivity index (χ3v) is 2.84. The molecule has 0 aliphatic rings. The summed E-state index contributed by atoms with van der Waals surface area (Å²) in [6.07, 6.45) is 4.13. The SMILES string of the molecule is CC(C)N(CCC#N)C(CN)c1cccnc1. The van der Waals surface area contributed by atoms with Crippen molar-refractivity contribution >= 4 is 0 Å². The number of hydrogen-bond donors (Lipinski definition) is 1. The van der Waals surface area contributed by atoms with E-state index >= 15 is 0 Å². The van der Waals surface area contributed by atoms with E-state index in [-0.39, 0.29) is 6.04 Å². The van der Waals surface area contributed by atoms with Crippen molar-refractivity contribution in [2.45, 2.75) is 32.4 Å². The Bertz CT molecular complexity index is 355. The van der Waals surface area contributed by atoms with Crippen LogP contribution in [0, 0.1) is 11.3 Å². The maximum absolute atomic E-state index is 8.70. The summed E-state index contributed by atoms with van der Waals surface area (Å²) >= 11 is 0. The predicted octanol–water partition coefficient (Wildman–Crippen LogP) is 1.71. The van der Waals surface area contributed by atoms with Crippen LogP contribution in [0.1, 0.15) is 31.9 Å². The van der Waals surface area contributed by atoms with Gasteiger partial charge >= 0.3 is 0 Å². The topological polar surface area (TPSA) is 65.9 Å². The molecule has 1 atom stereocenters. The number of nitriles is 1. The van der Waals surface area contributed by atoms with Gasteiger partial charge in [-0.3, -0.25) is 9.88 Å². The summed E-state index contributed by atoms with van der Waals surface area (Å²) in [6.45, 7) is 5.52. The second-order valence-electron chi connectivity index (χ2n) is 4.28. The van der Waals surface area contributed by atoms with E-state index in [2.05, 4.69) is 29.8 Å². The molecule has 0 aliphatic carbocycles. The Kier molecular flexibility index (Phi) is 5.61. The lowest BCUT2D eigenvalue weighted by molar-refractivity contribution is 0.160. The molecular formula is C13H20N4. The van der Waals surface area contributed by atoms with E-state index < -0.39 is 0 Å². The largest absolute Gasteiger partial charge is 0.329 e. The highest BCUT2D eigenvalue weighted by molar-refractivity contribution is 5.14. The molecule has 0 radical (unpaired) electrons. The van der Waals surface area contributed by atoms with Crippen LogP contribution in [0.15, 0.2) is 24.5 Å². The van der Waals surface area contributed by atoms with Crippen LogP contribution < -0.4 is 5.73 Å². The van der Waals surface area contributed by atoms with Gasteiger partial charge in [-0.25, -0.2) is 0 Å². The predicted molar refractivity (Wildman–Crippen MR) is 68.1 cm³/mol. The number of pyridine rings is 1. The zero-order chi connectivity index (χ0) is 12.7. The molecule has 4 nitrogen and oxygen atoms in total. The van der Waals surface area contributed by atoms with Gasteiger partial charge in [0, 0.05) is 44.0 Å². The van der Waals surface area contributed by atoms with Gasteiger partial charge in [0.25, 0.3) is 0 Å². The van der Waals surface area contributed by atoms with Gasteiger partial charge in [0.1, 0.15) is 0 Å². The van der Waals surface area contributed by atoms with Gasteiger partial charge in [-0.15, -0.1) is 0 Å². The second kappa shape index (κ2) is 7.00. The van der Waals surface area contributed by atoms with E-state index in [0.29, 0.717) is 19.0 Å². The smallest absolute Gasteiger partial charge is 0.0635 e. The molecule has 1 rings (SSSR count). The van der Waals surface area contributed by atoms with Gasteiger partial charge in [-0.05, 0) is 25.5 Å². The lowest BCUT2D eigenvalue weighted by Crippen LogP contribution is -2.39. The minimum Gasteiger partial charge on any atom is -0.329 e. The summed E-state index contributed by atoms with van der Waals surface area (Å²) in [6, 6.07) is 6.63. The fraction of sp³-hybridized carbons (Fsp3) is 0.538. The molecule has 0 saturated carbocycles. The van der Waals surface area contributed by atoms with Crippen molar-refractivity contribution in [2.24, 2.45) is 5.73 Å². The fourth-order valence-corrected chi connectivity index (χ4v) is 1.99. The van der Waals surface area contributed by atoms with Crippen LogP contribution in [0.3, 0.4) is 0 Å². The molecule has 0 amide bonds. The quantitative estimate of drug-likeness (QED) is 0.810. The summed E-state index contributed by atoms with van der Waals surface area (Å²) in [4.78, 5) is 6.38. The number of rotatable bonds is 6. The molecule has 0 saturated heterocycles. The molecule has 4 heteroatoms. The maximum Gasteiger partial charge on any atom is 0.0635 e. The summed E-state index contributed by atoms with van der Waals surface area (Å²) in [7, 11) is 0. The van der Waals surface area contributed by atoms with E-state index in [0.717, 1.165) is 12.1 Å². The standard InChI is InChI=1S/C13H20N4/c1-11(2)17(8-4-6-14)13(9-15)12-5-3-7-16-10-12/h3,5,7,10-11,13H,4,8-9,15H2,1-2H3. The average molecular weight is 232 g/mol. The van der Waals surface area contributed by atoms with Crippen LogP contribution in [0.4, 0.5) is 0 Å². The van der Waals surface area contributed by atoms with Crippen molar-refractivity contribution in [1.82, 2.24) is 9.88 Å². The minimum atomic E-state index is 0.136. The molecule has 0 spiro atoms. The first-order valence-electron chi connectivity index (χ1n) is 5.93. The fourth-order valence-electron chi connectivity index (χ4n) is 1.99. The van der Waals surface area contributed by atoms with Gasteiger partial charge in [0.15, 0.2) is 0 Å². The average Bonchev–Trinajstić information content (AvgIpc) is 2.35. The Morgan fingerprint density at radius 2 is 2.29 bits per heavy atom. The normalized spacial score (nSPS) is 12.7. The van der Waals surface area contributed by atoms with Crippen LogP contribution in [0.2, 0.25) is 0 Å². The van der Waals surface area contributed by atoms with Gasteiger partial charge in [-0.2, -0.15) is 5.26 Å². The van der Waals surface area contributed by atoms with Crippen LogP contribution in [0.5, 0.6) is 0 Å². The minimum absolute atomic E-state index is 0.136. The molecule has 2 N–H and O–H groups in total. The summed E-state index contributed by atoms with van der Waals surface area (Å²) in [5, 5.41) is 8.70. The van der Waals surface area contributed by atoms with Crippen molar-refractivity contribution in [3.63, 3.8) is 0 Å². The molecular weight excluding hydrogens is 212 g/mol. The molecule has 1 unspecified atom stereocenters. The van der Waals surface area contributed by atoms with Crippen LogP contribution in [-0.4, -0.2) is 29.0 Å². The van der Waals surface area contributed by atoms with Crippen LogP contribution in [-0.2, 0) is 0 Å². The first kappa shape index (κ1) is 13.6. The number of hydrogen-bond acceptors (Lipinski definition) is 4. The highest BCUT2D eigenvalue weighted by atomic mass is 15.2. The van der Waals surface area contributed by atoms with E-state index in [1.165, 1.54) is 0 Å². The van der Waals surface area contributed by atoms with Crippen LogP contribution >= 0.6 is 0 Å². The van der Waals surface area contributed by atoms with Gasteiger partial charge in [-0.1, -0.05) is 6.07 Å². The number of nitrogens with two attached hydrogens (primary N) is 1. The second-order valence-corrected chi connectivity index (χ2v) is 4.28. The summed E-state index contributed by atoms with van der Waals surface area (Å²) < 4.78 is 0. The molecule has 17 heavy (non-hydrogen) atoms. The maximum atomic E-state index is 8.70. The van der Waals surface area contributed by atoms with Gasteiger partial charge in [0.05, 0.1) is 6.07 Å². The van der Waals surface area contributed by atoms with Crippen molar-refractivity contribution in [1.29, 1.82) is 5.26 Å². The Hall–Kier alpha value is -1.44. The van der Waals surface area contributed by atoms with Crippen LogP contribution in [0.25, 0.3) is 0 Å². The van der Waals surface area contributed by atoms with Crippen molar-refractivity contribution in [2.75, 3.05) is 13.1 Å². The number of aromatic nitrogens is 1. The first-order valence-corrected chi connectivity index (χ1v) is 5.93. The third-order valence-electron chi connectivity index (χ3n) is 2.84. The van der Waals surface area contributed by atoms with E-state index in [9.17, 15) is 0 Å². The first-order chi connectivity index (χ1) is 8.20. The molecule has 0 aromatic carbocycles. The number of nitrogens with zero attached hydrogens (tertiary/aromatic N) is 3. The zero-order valence-electron chi connectivity index (χ0n) is 10.5. The lowest BCUT2D eigenvalue weighted by atomic mass is 10.1. The molecule has 1 heterocycles. The van der Waals surface area contributed by atoms with E-state index in [1.54, 1.807) is 6.20 Å². The highest BCUT2D eigenvalue weighted by Crippen LogP contribution is 2.21. The van der Waals surface area contributed by atoms with Crippen molar-refractivity contribution in [3.05, 3.63) is 30.1 Å². The Morgan fingerprint density at radius 3 is 2.76 bits per heavy atom. The Morgan fingerprint density at radius 1 is 1.53 bits per heavy atom. The van der Waals surface area contributed by atoms with Gasteiger partial charge < -0.3 is 5.73 Å². The Balaban J connectivity index is 2.86.